The van der Waals surface area contributed by atoms with Crippen molar-refractivity contribution in [2.45, 2.75) is 46.7 Å². The molecule has 1 rings (SSSR count). The summed E-state index contributed by atoms with van der Waals surface area (Å²) in [6.45, 7) is 11.5. The van der Waals surface area contributed by atoms with E-state index < -0.39 is 0 Å². The number of thiazole rings is 1. The second-order valence-electron chi connectivity index (χ2n) is 5.66. The van der Waals surface area contributed by atoms with Crippen LogP contribution in [0.5, 0.6) is 0 Å². The molecule has 1 aromatic heterocycles. The fourth-order valence-electron chi connectivity index (χ4n) is 1.95. The summed E-state index contributed by atoms with van der Waals surface area (Å²) in [4.78, 5) is 8.35. The fraction of sp³-hybridized carbons (Fsp3) is 0.800. The van der Waals surface area contributed by atoms with Gasteiger partial charge in [0.25, 0.3) is 0 Å². The van der Waals surface area contributed by atoms with Crippen LogP contribution in [0.1, 0.15) is 38.3 Å². The zero-order chi connectivity index (χ0) is 15.1. The quantitative estimate of drug-likeness (QED) is 0.761. The highest BCUT2D eigenvalue weighted by Gasteiger charge is 2.16. The fourth-order valence-corrected chi connectivity index (χ4v) is 3.13. The van der Waals surface area contributed by atoms with Crippen molar-refractivity contribution in [2.24, 2.45) is 5.92 Å². The lowest BCUT2D eigenvalue weighted by Crippen LogP contribution is -2.32. The van der Waals surface area contributed by atoms with E-state index in [0.717, 1.165) is 31.2 Å². The van der Waals surface area contributed by atoms with Crippen LogP contribution in [0.4, 0.5) is 5.13 Å². The van der Waals surface area contributed by atoms with Crippen LogP contribution < -0.4 is 10.2 Å². The summed E-state index contributed by atoms with van der Waals surface area (Å²) in [6.07, 6.45) is 0.988. The van der Waals surface area contributed by atoms with E-state index in [1.165, 1.54) is 10.6 Å². The van der Waals surface area contributed by atoms with Crippen molar-refractivity contribution in [3.63, 3.8) is 0 Å². The molecule has 0 aliphatic rings. The Bertz CT molecular complexity index is 392. The van der Waals surface area contributed by atoms with Gasteiger partial charge in [-0.25, -0.2) is 4.98 Å². The maximum Gasteiger partial charge on any atom is 0.185 e. The number of ether oxygens (including phenoxy) is 1. The molecule has 0 amide bonds. The van der Waals surface area contributed by atoms with E-state index in [2.05, 4.69) is 45.0 Å². The number of nitrogens with zero attached hydrogens (tertiary/aromatic N) is 2. The minimum absolute atomic E-state index is 0.340. The van der Waals surface area contributed by atoms with E-state index in [-0.39, 0.29) is 0 Å². The van der Waals surface area contributed by atoms with Gasteiger partial charge in [-0.2, -0.15) is 0 Å². The summed E-state index contributed by atoms with van der Waals surface area (Å²) < 4.78 is 5.22. The number of hydrogen-bond acceptors (Lipinski definition) is 5. The highest BCUT2D eigenvalue weighted by atomic mass is 32.1. The topological polar surface area (TPSA) is 37.4 Å². The lowest BCUT2D eigenvalue weighted by atomic mass is 10.2. The Morgan fingerprint density at radius 2 is 2.05 bits per heavy atom. The molecule has 4 nitrogen and oxygen atoms in total. The highest BCUT2D eigenvalue weighted by Crippen LogP contribution is 2.27. The Morgan fingerprint density at radius 1 is 1.35 bits per heavy atom. The summed E-state index contributed by atoms with van der Waals surface area (Å²) in [6, 6.07) is 0.340. The Balaban J connectivity index is 2.72. The van der Waals surface area contributed by atoms with E-state index in [1.807, 2.05) is 0 Å². The molecular weight excluding hydrogens is 270 g/mol. The molecule has 0 aliphatic carbocycles. The Morgan fingerprint density at radius 3 is 2.60 bits per heavy atom. The van der Waals surface area contributed by atoms with Gasteiger partial charge in [0.2, 0.25) is 0 Å². The zero-order valence-corrected chi connectivity index (χ0v) is 14.5. The summed E-state index contributed by atoms with van der Waals surface area (Å²) in [7, 11) is 3.83. The van der Waals surface area contributed by atoms with Gasteiger partial charge in [0.15, 0.2) is 5.13 Å². The van der Waals surface area contributed by atoms with Gasteiger partial charge in [-0.1, -0.05) is 20.8 Å². The predicted molar refractivity (Wildman–Crippen MR) is 87.8 cm³/mol. The third-order valence-corrected chi connectivity index (χ3v) is 4.50. The van der Waals surface area contributed by atoms with Gasteiger partial charge in [-0.15, -0.1) is 11.3 Å². The first-order valence-corrected chi connectivity index (χ1v) is 8.22. The molecule has 0 radical (unpaired) electrons. The van der Waals surface area contributed by atoms with E-state index >= 15 is 0 Å². The van der Waals surface area contributed by atoms with Crippen LogP contribution in [0.15, 0.2) is 0 Å². The number of nitrogens with one attached hydrogen (secondary N) is 1. The van der Waals surface area contributed by atoms with Crippen LogP contribution in [-0.2, 0) is 17.7 Å². The average molecular weight is 299 g/mol. The number of methoxy groups -OCH3 is 1. The number of rotatable bonds is 9. The second-order valence-corrected chi connectivity index (χ2v) is 6.72. The molecule has 0 aliphatic heterocycles. The largest absolute Gasteiger partial charge is 0.383 e. The first kappa shape index (κ1) is 17.4. The lowest BCUT2D eigenvalue weighted by Gasteiger charge is -2.23. The molecule has 20 heavy (non-hydrogen) atoms. The molecule has 0 spiro atoms. The van der Waals surface area contributed by atoms with Gasteiger partial charge in [-0.05, 0) is 25.8 Å². The number of hydrogen-bond donors (Lipinski definition) is 1. The normalized spacial score (nSPS) is 12.9. The van der Waals surface area contributed by atoms with Crippen LogP contribution >= 0.6 is 11.3 Å². The van der Waals surface area contributed by atoms with Gasteiger partial charge in [0.1, 0.15) is 0 Å². The molecule has 1 heterocycles. The molecule has 0 saturated carbocycles. The maximum absolute atomic E-state index is 5.22. The molecule has 5 heteroatoms. The van der Waals surface area contributed by atoms with Crippen molar-refractivity contribution >= 4 is 16.5 Å². The number of aryl methyl sites for hydroxylation is 1. The Kier molecular flexibility index (Phi) is 7.48. The first-order chi connectivity index (χ1) is 9.49. The summed E-state index contributed by atoms with van der Waals surface area (Å²) in [5.74, 6) is 0.678. The van der Waals surface area contributed by atoms with Gasteiger partial charge in [0, 0.05) is 25.6 Å². The van der Waals surface area contributed by atoms with E-state index in [4.69, 9.17) is 9.72 Å². The monoisotopic (exact) mass is 299 g/mol. The summed E-state index contributed by atoms with van der Waals surface area (Å²) in [5, 5.41) is 4.60. The Labute approximate surface area is 127 Å². The van der Waals surface area contributed by atoms with Crippen molar-refractivity contribution in [3.8, 4) is 0 Å². The molecule has 1 unspecified atom stereocenters. The minimum atomic E-state index is 0.340. The maximum atomic E-state index is 5.22. The van der Waals surface area contributed by atoms with Crippen molar-refractivity contribution in [3.05, 3.63) is 10.6 Å². The van der Waals surface area contributed by atoms with Crippen molar-refractivity contribution < 1.29 is 4.74 Å². The van der Waals surface area contributed by atoms with Crippen LogP contribution in [0, 0.1) is 5.92 Å². The van der Waals surface area contributed by atoms with Gasteiger partial charge >= 0.3 is 0 Å². The lowest BCUT2D eigenvalue weighted by molar-refractivity contribution is 0.183. The molecule has 1 N–H and O–H groups in total. The SMILES string of the molecule is CCc1nc(N(C)C(C)COC)sc1CNCC(C)C. The minimum Gasteiger partial charge on any atom is -0.383 e. The van der Waals surface area contributed by atoms with E-state index in [9.17, 15) is 0 Å². The molecule has 1 aromatic rings. The Hall–Kier alpha value is -0.650. The van der Waals surface area contributed by atoms with Crippen molar-refractivity contribution in [2.75, 3.05) is 32.2 Å². The van der Waals surface area contributed by atoms with Crippen LogP contribution in [0.25, 0.3) is 0 Å². The molecule has 0 fully saturated rings. The van der Waals surface area contributed by atoms with Gasteiger partial charge in [0.05, 0.1) is 18.3 Å². The van der Waals surface area contributed by atoms with Crippen LogP contribution in [0.3, 0.4) is 0 Å². The second kappa shape index (κ2) is 8.60. The van der Waals surface area contributed by atoms with Crippen molar-refractivity contribution in [1.29, 1.82) is 0 Å². The van der Waals surface area contributed by atoms with Crippen LogP contribution in [0.2, 0.25) is 0 Å². The molecule has 0 saturated heterocycles. The molecule has 1 atom stereocenters. The number of anilines is 1. The van der Waals surface area contributed by atoms with Crippen LogP contribution in [-0.4, -0.2) is 38.3 Å². The summed E-state index contributed by atoms with van der Waals surface area (Å²) in [5.41, 5.74) is 1.22. The average Bonchev–Trinajstić information content (AvgIpc) is 2.81. The zero-order valence-electron chi connectivity index (χ0n) is 13.7. The van der Waals surface area contributed by atoms with E-state index in [0.29, 0.717) is 12.0 Å². The molecule has 0 bridgehead atoms. The first-order valence-electron chi connectivity index (χ1n) is 7.40. The highest BCUT2D eigenvalue weighted by molar-refractivity contribution is 7.15. The predicted octanol–water partition coefficient (Wildman–Crippen LogP) is 2.92. The number of aromatic nitrogens is 1. The molecular formula is C15H29N3OS. The standard InChI is InChI=1S/C15H29N3OS/c1-7-13-14(9-16-8-11(2)3)20-15(17-13)18(5)12(4)10-19-6/h11-12,16H,7-10H2,1-6H3. The third kappa shape index (κ3) is 5.04. The van der Waals surface area contributed by atoms with Gasteiger partial charge in [-0.3, -0.25) is 0 Å². The number of likely N-dealkylation sites (N-methyl/N-ethyl adjacent to an activating group) is 1. The van der Waals surface area contributed by atoms with Crippen molar-refractivity contribution in [1.82, 2.24) is 10.3 Å². The third-order valence-electron chi connectivity index (χ3n) is 3.31. The van der Waals surface area contributed by atoms with E-state index in [1.54, 1.807) is 18.4 Å². The molecule has 116 valence electrons. The smallest absolute Gasteiger partial charge is 0.185 e. The summed E-state index contributed by atoms with van der Waals surface area (Å²) >= 11 is 1.79. The van der Waals surface area contributed by atoms with Gasteiger partial charge < -0.3 is 15.0 Å². The molecule has 0 aromatic carbocycles.